The maximum Gasteiger partial charge on any atom is 0.247 e. The minimum absolute atomic E-state index is 0.0423. The second-order valence-electron chi connectivity index (χ2n) is 18.3. The van der Waals surface area contributed by atoms with E-state index in [1.165, 1.54) is 16.9 Å². The van der Waals surface area contributed by atoms with Gasteiger partial charge in [0.1, 0.15) is 29.4 Å². The predicted molar refractivity (Wildman–Crippen MR) is 258 cm³/mol. The molecule has 0 unspecified atom stereocenters. The lowest BCUT2D eigenvalue weighted by atomic mass is 9.99. The zero-order chi connectivity index (χ0) is 48.5. The highest BCUT2D eigenvalue weighted by Gasteiger charge is 2.37. The number of imidazole rings is 1. The normalized spacial score (nSPS) is 21.9. The number of hydrogen-bond donors (Lipinski definition) is 2. The molecule has 4 aromatic rings. The number of methoxy groups -OCH3 is 1. The first-order valence-electron chi connectivity index (χ1n) is 22.8. The summed E-state index contributed by atoms with van der Waals surface area (Å²) in [5.74, 6) is -0.647. The molecule has 2 N–H and O–H groups in total. The summed E-state index contributed by atoms with van der Waals surface area (Å²) in [7, 11) is 10.7. The number of rotatable bonds is 13. The van der Waals surface area contributed by atoms with Gasteiger partial charge >= 0.3 is 0 Å². The Kier molecular flexibility index (Phi) is 17.5. The number of benzene rings is 3. The van der Waals surface area contributed by atoms with Crippen molar-refractivity contribution in [1.29, 1.82) is 0 Å². The van der Waals surface area contributed by atoms with Crippen LogP contribution < -0.4 is 15.4 Å². The molecular weight excluding hydrogens is 896 g/mol. The summed E-state index contributed by atoms with van der Waals surface area (Å²) >= 11 is 12.7. The zero-order valence-corrected chi connectivity index (χ0v) is 41.3. The molecule has 2 aliphatic rings. The Bertz CT molecular complexity index is 2370. The Morgan fingerprint density at radius 2 is 1.51 bits per heavy atom. The van der Waals surface area contributed by atoms with Gasteiger partial charge < -0.3 is 44.3 Å². The Balaban J connectivity index is 1.31. The number of likely N-dealkylation sites (N-methyl/N-ethyl adjacent to an activating group) is 2. The molecule has 17 heteroatoms. The predicted octanol–water partition coefficient (Wildman–Crippen LogP) is 6.34. The van der Waals surface area contributed by atoms with Gasteiger partial charge in [-0.1, -0.05) is 61.2 Å². The van der Waals surface area contributed by atoms with Crippen LogP contribution in [0.1, 0.15) is 62.9 Å². The van der Waals surface area contributed by atoms with E-state index in [0.717, 1.165) is 35.5 Å². The molecule has 0 bridgehead atoms. The lowest BCUT2D eigenvalue weighted by Gasteiger charge is -2.35. The van der Waals surface area contributed by atoms with Gasteiger partial charge in [0.2, 0.25) is 29.5 Å². The molecule has 1 aliphatic carbocycles. The molecule has 0 spiro atoms. The van der Waals surface area contributed by atoms with Crippen LogP contribution in [0.5, 0.6) is 11.5 Å². The summed E-state index contributed by atoms with van der Waals surface area (Å²) in [4.78, 5) is 82.5. The summed E-state index contributed by atoms with van der Waals surface area (Å²) in [6, 6.07) is 16.6. The van der Waals surface area contributed by atoms with E-state index in [9.17, 15) is 24.0 Å². The Morgan fingerprint density at radius 1 is 0.836 bits per heavy atom. The molecule has 360 valence electrons. The van der Waals surface area contributed by atoms with Crippen molar-refractivity contribution < 1.29 is 33.4 Å². The monoisotopic (exact) mass is 958 g/mol. The summed E-state index contributed by atoms with van der Waals surface area (Å²) in [6.07, 6.45) is 4.68. The van der Waals surface area contributed by atoms with E-state index in [0.29, 0.717) is 52.4 Å². The van der Waals surface area contributed by atoms with Crippen molar-refractivity contribution in [2.24, 2.45) is 18.9 Å². The van der Waals surface area contributed by atoms with Gasteiger partial charge in [-0.25, -0.2) is 4.98 Å². The summed E-state index contributed by atoms with van der Waals surface area (Å²) < 4.78 is 14.0. The highest BCUT2D eigenvalue weighted by molar-refractivity contribution is 6.31. The third-order valence-electron chi connectivity index (χ3n) is 12.7. The topological polar surface area (TPSA) is 159 Å². The van der Waals surface area contributed by atoms with Crippen molar-refractivity contribution in [1.82, 2.24) is 39.8 Å². The molecule has 15 nitrogen and oxygen atoms in total. The average Bonchev–Trinajstić information content (AvgIpc) is 4.06. The van der Waals surface area contributed by atoms with E-state index in [-0.39, 0.29) is 50.4 Å². The number of nitrogens with one attached hydrogen (secondary N) is 2. The fourth-order valence-electron chi connectivity index (χ4n) is 8.41. The van der Waals surface area contributed by atoms with Crippen molar-refractivity contribution in [2.45, 2.75) is 89.6 Å². The van der Waals surface area contributed by atoms with Gasteiger partial charge in [-0.05, 0) is 93.9 Å². The van der Waals surface area contributed by atoms with E-state index in [1.807, 2.05) is 63.7 Å². The van der Waals surface area contributed by atoms with Crippen molar-refractivity contribution in [2.75, 3.05) is 48.5 Å². The molecule has 2 fully saturated rings. The number of carbonyl (C=O) groups is 5. The molecule has 0 radical (unpaired) electrons. The fourth-order valence-corrected chi connectivity index (χ4v) is 8.70. The standard InChI is InChI=1S/C50H64Cl2N8O7/c1-31-21-47(62)60(28-36-13-18-38(52)24-44(36)67-41-19-14-35(15-20-41)43-27-53-45(59(43)7)29-56(3)4)32(2)48(63)55-42(30-66-8)50(65)57(5)39(22-34-11-16-37(51)17-12-34)25-46(61)54-26-40(23-33-9-10-33)58(6)49(31)64/h11-20,24,27,31-33,39-40,42H,9-10,21-23,25-26,28-30H2,1-8H3,(H,54,61)(H,55,63)/t31-,32+,39+,40+,42+/m1/s1. The largest absolute Gasteiger partial charge is 0.457 e. The van der Waals surface area contributed by atoms with Gasteiger partial charge in [0.05, 0.1) is 31.6 Å². The van der Waals surface area contributed by atoms with E-state index in [4.69, 9.17) is 32.7 Å². The van der Waals surface area contributed by atoms with Gasteiger partial charge in [-0.2, -0.15) is 0 Å². The van der Waals surface area contributed by atoms with E-state index >= 15 is 0 Å². The molecule has 1 aliphatic heterocycles. The van der Waals surface area contributed by atoms with E-state index < -0.39 is 41.8 Å². The lowest BCUT2D eigenvalue weighted by molar-refractivity contribution is -0.146. The second kappa shape index (κ2) is 23.0. The van der Waals surface area contributed by atoms with Crippen LogP contribution in [0, 0.1) is 11.8 Å². The molecule has 5 amide bonds. The number of ether oxygens (including phenoxy) is 2. The minimum Gasteiger partial charge on any atom is -0.457 e. The Labute approximate surface area is 404 Å². The molecule has 1 saturated heterocycles. The SMILES string of the molecule is COC[C@@H]1NC(=O)[C@H](C)N(Cc2ccc(Cl)cc2Oc2ccc(-c3cnc(CN(C)C)n3C)cc2)C(=O)C[C@@H](C)C(=O)N(C)[C@@H](CC2CC2)CNC(=O)C[C@H](Cc2ccc(Cl)cc2)N(C)C1=O. The van der Waals surface area contributed by atoms with Crippen LogP contribution in [-0.2, 0) is 55.3 Å². The van der Waals surface area contributed by atoms with Crippen molar-refractivity contribution >= 4 is 52.7 Å². The van der Waals surface area contributed by atoms with Gasteiger partial charge in [0.15, 0.2) is 0 Å². The number of carbonyl (C=O) groups excluding carboxylic acids is 5. The first-order chi connectivity index (χ1) is 31.9. The van der Waals surface area contributed by atoms with Crippen LogP contribution >= 0.6 is 23.2 Å². The van der Waals surface area contributed by atoms with Crippen LogP contribution in [-0.4, -0.2) is 131 Å². The van der Waals surface area contributed by atoms with Crippen LogP contribution in [0.15, 0.2) is 72.9 Å². The Morgan fingerprint density at radius 3 is 2.16 bits per heavy atom. The quantitative estimate of drug-likeness (QED) is 0.156. The molecule has 2 heterocycles. The van der Waals surface area contributed by atoms with Gasteiger partial charge in [0, 0.05) is 86.8 Å². The van der Waals surface area contributed by atoms with Gasteiger partial charge in [-0.3, -0.25) is 24.0 Å². The summed E-state index contributed by atoms with van der Waals surface area (Å²) in [5.41, 5.74) is 3.29. The van der Waals surface area contributed by atoms with E-state index in [2.05, 4.69) is 25.1 Å². The maximum atomic E-state index is 14.6. The maximum absolute atomic E-state index is 14.6. The van der Waals surface area contributed by atoms with Crippen LogP contribution in [0.3, 0.4) is 0 Å². The van der Waals surface area contributed by atoms with Crippen LogP contribution in [0.2, 0.25) is 10.0 Å². The Hall–Kier alpha value is -5.48. The van der Waals surface area contributed by atoms with E-state index in [1.54, 1.807) is 63.2 Å². The van der Waals surface area contributed by atoms with Crippen LogP contribution in [0.25, 0.3) is 11.3 Å². The zero-order valence-electron chi connectivity index (χ0n) is 39.8. The lowest BCUT2D eigenvalue weighted by Crippen LogP contribution is -2.57. The molecule has 3 aromatic carbocycles. The van der Waals surface area contributed by atoms with Crippen molar-refractivity contribution in [3.05, 3.63) is 99.9 Å². The number of halogens is 2. The molecular formula is C50H64Cl2N8O7. The number of hydrogen-bond acceptors (Lipinski definition) is 9. The fraction of sp³-hybridized carbons (Fsp3) is 0.480. The molecule has 67 heavy (non-hydrogen) atoms. The van der Waals surface area contributed by atoms with Crippen molar-refractivity contribution in [3.63, 3.8) is 0 Å². The number of nitrogens with zero attached hydrogens (tertiary/aromatic N) is 6. The molecule has 6 rings (SSSR count). The second-order valence-corrected chi connectivity index (χ2v) is 19.2. The third kappa shape index (κ3) is 13.6. The molecule has 5 atom stereocenters. The smallest absolute Gasteiger partial charge is 0.247 e. The van der Waals surface area contributed by atoms with Crippen LogP contribution in [0.4, 0.5) is 0 Å². The first kappa shape index (κ1) is 50.9. The summed E-state index contributed by atoms with van der Waals surface area (Å²) in [5, 5.41) is 6.84. The van der Waals surface area contributed by atoms with Crippen molar-refractivity contribution in [3.8, 4) is 22.8 Å². The van der Waals surface area contributed by atoms with Gasteiger partial charge in [0.25, 0.3) is 0 Å². The first-order valence-corrected chi connectivity index (χ1v) is 23.5. The molecule has 1 aromatic heterocycles. The van der Waals surface area contributed by atoms with Gasteiger partial charge in [-0.15, -0.1) is 0 Å². The average molecular weight is 960 g/mol. The molecule has 1 saturated carbocycles. The highest BCUT2D eigenvalue weighted by atomic mass is 35.5. The number of amides is 5. The minimum atomic E-state index is -1.17. The third-order valence-corrected chi connectivity index (χ3v) is 13.2. The number of aromatic nitrogens is 2. The highest BCUT2D eigenvalue weighted by Crippen LogP contribution is 2.35. The summed E-state index contributed by atoms with van der Waals surface area (Å²) in [6.45, 7) is 3.91.